The number of aliphatic hydroxyl groups is 1. The van der Waals surface area contributed by atoms with Crippen LogP contribution in [0, 0.1) is 0 Å². The van der Waals surface area contributed by atoms with Crippen LogP contribution in [-0.2, 0) is 22.2 Å². The van der Waals surface area contributed by atoms with E-state index >= 15 is 4.39 Å². The molecule has 1 N–H and O–H groups in total. The molecule has 136 heavy (non-hydrogen) atoms. The quantitative estimate of drug-likeness (QED) is 0.0446. The molecule has 12 aromatic rings. The van der Waals surface area contributed by atoms with Gasteiger partial charge in [-0.1, -0.05) is 100 Å². The van der Waals surface area contributed by atoms with Crippen molar-refractivity contribution in [3.05, 3.63) is 215 Å². The molecule has 4 aromatic heterocycles. The van der Waals surface area contributed by atoms with Gasteiger partial charge in [-0.15, -0.1) is 0 Å². The van der Waals surface area contributed by atoms with Gasteiger partial charge in [-0.3, -0.25) is 9.80 Å². The number of methoxy groups -OCH3 is 4. The maximum absolute atomic E-state index is 15.0. The molecule has 4 aliphatic carbocycles. The summed E-state index contributed by atoms with van der Waals surface area (Å²) in [5.41, 5.74) is 12.6. The molecule has 4 aliphatic heterocycles. The lowest BCUT2D eigenvalue weighted by molar-refractivity contribution is 0.213. The number of fused-ring (bicyclic) bond motifs is 4. The fourth-order valence-electron chi connectivity index (χ4n) is 21.3. The summed E-state index contributed by atoms with van der Waals surface area (Å²) < 4.78 is 37.6. The summed E-state index contributed by atoms with van der Waals surface area (Å²) in [5, 5.41) is 13.8. The summed E-state index contributed by atoms with van der Waals surface area (Å²) in [5.74, 6) is 13.4. The molecule has 20 rings (SSSR count). The highest BCUT2D eigenvalue weighted by molar-refractivity contribution is 5.96. The molecule has 0 atom stereocenters. The maximum atomic E-state index is 15.0. The third kappa shape index (κ3) is 20.6. The Hall–Kier alpha value is -11.5. The summed E-state index contributed by atoms with van der Waals surface area (Å²) in [6.07, 6.45) is 19.8. The summed E-state index contributed by atoms with van der Waals surface area (Å²) >= 11 is 0. The van der Waals surface area contributed by atoms with Gasteiger partial charge in [0.25, 0.3) is 0 Å². The molecule has 8 aliphatic rings. The van der Waals surface area contributed by atoms with Crippen LogP contribution in [0.4, 0.5) is 50.4 Å². The van der Waals surface area contributed by atoms with Crippen molar-refractivity contribution in [2.75, 3.05) is 209 Å². The molecule has 4 saturated heterocycles. The number of para-hydroxylation sites is 4. The standard InChI is InChI=1S/C31H43N5O.C27H33FN4O.C27H35N5O.C27H34N4O2/c1-6-18-34(3)24-12-13-27-26(22-24)29(33-30(32-27)31(16-17-31)35(4)19-7-2)36-20-14-23(15-21-36)25-10-8-9-11-28(25)37-5;1-4-15-31(2)20-9-10-23-22(18-20)25(30-26(29-23)27(28)13-14-27)32-16-11-19(12-17-32)21-7-5-6-8-24(21)33-3;1-30(2)20-10-11-23-22(18-20)25(29-26(28-23)27(14-15-27)31(3)4)32-16-12-19(13-17-32)21-8-6-7-9-24(21)33-5;1-27(12-13-27)26-28-23-9-8-20(30(2)16-17-32)18-22(23)25(29-26)31-14-10-19(11-15-31)21-6-4-5-7-24(21)33-3/h8-13,22-23H,6-7,14-21H2,1-5H3;5-10,18-19H,4,11-17H2,1-3H3;6-11,18-19H,12-17H2,1-5H3;4-9,18-19,32H,10-17H2,1-3H3. The van der Waals surface area contributed by atoms with Crippen LogP contribution >= 0.6 is 0 Å². The SMILES string of the molecule is CCCN(C)c1ccc2nc(C3(F)CC3)nc(N3CCC(c4ccccc4OC)CC3)c2c1.CCCN(C)c1ccc2nc(C3(N(C)CCC)CC3)nc(N3CCC(c4ccccc4OC)CC3)c2c1.COc1ccccc1C1CCN(c2nc(C3(C)CC3)nc3ccc(N(C)CCO)cc23)CC1.COc1ccccc1C1CCN(c2nc(C3(N(C)C)CC3)nc3ccc(N(C)C)cc23)CC1. The number of aromatic nitrogens is 8. The number of benzene rings is 8. The number of aliphatic hydroxyl groups excluding tert-OH is 1. The lowest BCUT2D eigenvalue weighted by Gasteiger charge is -2.35. The minimum atomic E-state index is -1.35. The van der Waals surface area contributed by atoms with E-state index < -0.39 is 5.67 Å². The van der Waals surface area contributed by atoms with E-state index in [4.69, 9.17) is 53.8 Å². The van der Waals surface area contributed by atoms with Gasteiger partial charge in [-0.2, -0.15) is 0 Å². The smallest absolute Gasteiger partial charge is 0.170 e. The number of nitrogens with zero attached hydrogens (tertiary/aromatic N) is 18. The maximum Gasteiger partial charge on any atom is 0.170 e. The Balaban J connectivity index is 0.000000126. The molecular formula is C112H145FN18O5. The van der Waals surface area contributed by atoms with Crippen LogP contribution in [0.2, 0.25) is 0 Å². The van der Waals surface area contributed by atoms with E-state index in [1.54, 1.807) is 28.4 Å². The molecule has 8 aromatic carbocycles. The van der Waals surface area contributed by atoms with Gasteiger partial charge in [-0.05, 0) is 293 Å². The number of hydrogen-bond acceptors (Lipinski definition) is 23. The second-order valence-electron chi connectivity index (χ2n) is 40.1. The molecule has 0 radical (unpaired) electrons. The molecule has 0 amide bonds. The van der Waals surface area contributed by atoms with Crippen LogP contribution in [-0.4, -0.2) is 225 Å². The van der Waals surface area contributed by atoms with Crippen molar-refractivity contribution in [2.45, 2.75) is 196 Å². The minimum Gasteiger partial charge on any atom is -0.496 e. The molecule has 8 heterocycles. The van der Waals surface area contributed by atoms with Gasteiger partial charge in [0.1, 0.15) is 52.1 Å². The molecule has 23 nitrogen and oxygen atoms in total. The van der Waals surface area contributed by atoms with Gasteiger partial charge in [0, 0.05) is 157 Å². The van der Waals surface area contributed by atoms with Crippen LogP contribution < -0.4 is 58.1 Å². The van der Waals surface area contributed by atoms with E-state index in [0.29, 0.717) is 48.9 Å². The Kier molecular flexibility index (Phi) is 29.6. The van der Waals surface area contributed by atoms with Crippen molar-refractivity contribution in [3.63, 3.8) is 0 Å². The van der Waals surface area contributed by atoms with Crippen molar-refractivity contribution in [3.8, 4) is 23.0 Å². The third-order valence-corrected chi connectivity index (χ3v) is 30.6. The van der Waals surface area contributed by atoms with Crippen LogP contribution in [0.3, 0.4) is 0 Å². The number of rotatable bonds is 30. The van der Waals surface area contributed by atoms with Crippen molar-refractivity contribution in [1.82, 2.24) is 49.7 Å². The number of anilines is 8. The van der Waals surface area contributed by atoms with E-state index in [-0.39, 0.29) is 23.1 Å². The van der Waals surface area contributed by atoms with Crippen molar-refractivity contribution in [1.29, 1.82) is 0 Å². The molecular weight excluding hydrogens is 1700 g/mol. The lowest BCUT2D eigenvalue weighted by atomic mass is 9.88. The average molecular weight is 1840 g/mol. The van der Waals surface area contributed by atoms with E-state index in [1.807, 2.05) is 37.4 Å². The summed E-state index contributed by atoms with van der Waals surface area (Å²) in [6, 6.07) is 59.7. The van der Waals surface area contributed by atoms with E-state index in [0.717, 1.165) is 294 Å². The Morgan fingerprint density at radius 2 is 0.625 bits per heavy atom. The zero-order valence-corrected chi connectivity index (χ0v) is 83.6. The summed E-state index contributed by atoms with van der Waals surface area (Å²) in [7, 11) is 24.0. The first-order valence-corrected chi connectivity index (χ1v) is 50.3. The van der Waals surface area contributed by atoms with Gasteiger partial charge in [-0.25, -0.2) is 44.3 Å². The molecule has 720 valence electrons. The average Bonchev–Trinajstić information content (AvgIpc) is 1.58. The zero-order valence-electron chi connectivity index (χ0n) is 83.6. The van der Waals surface area contributed by atoms with Crippen LogP contribution in [0.25, 0.3) is 43.6 Å². The van der Waals surface area contributed by atoms with Gasteiger partial charge < -0.3 is 63.3 Å². The molecule has 0 spiro atoms. The third-order valence-electron chi connectivity index (χ3n) is 30.6. The van der Waals surface area contributed by atoms with Gasteiger partial charge in [0.15, 0.2) is 23.1 Å². The molecule has 0 bridgehead atoms. The van der Waals surface area contributed by atoms with Crippen LogP contribution in [0.1, 0.15) is 219 Å². The second-order valence-corrected chi connectivity index (χ2v) is 40.1. The predicted octanol–water partition coefficient (Wildman–Crippen LogP) is 21.2. The van der Waals surface area contributed by atoms with Gasteiger partial charge in [0.2, 0.25) is 0 Å². The highest BCUT2D eigenvalue weighted by Crippen LogP contribution is 2.54. The Bertz CT molecular complexity index is 5930. The van der Waals surface area contributed by atoms with Crippen molar-refractivity contribution in [2.24, 2.45) is 0 Å². The largest absolute Gasteiger partial charge is 0.496 e. The van der Waals surface area contributed by atoms with Crippen LogP contribution in [0.5, 0.6) is 23.0 Å². The number of hydrogen-bond donors (Lipinski definition) is 1. The predicted molar refractivity (Wildman–Crippen MR) is 556 cm³/mol. The fraction of sp³-hybridized carbons (Fsp3) is 0.500. The first-order valence-electron chi connectivity index (χ1n) is 50.3. The van der Waals surface area contributed by atoms with E-state index in [2.05, 4.69) is 271 Å². The summed E-state index contributed by atoms with van der Waals surface area (Å²) in [6.45, 7) is 20.4. The highest BCUT2D eigenvalue weighted by Gasteiger charge is 2.53. The fourth-order valence-corrected chi connectivity index (χ4v) is 21.3. The van der Waals surface area contributed by atoms with Gasteiger partial charge in [0.05, 0.1) is 68.2 Å². The van der Waals surface area contributed by atoms with Crippen molar-refractivity contribution < 1.29 is 28.4 Å². The monoisotopic (exact) mass is 1840 g/mol. The molecule has 24 heteroatoms. The van der Waals surface area contributed by atoms with E-state index in [1.165, 1.54) is 39.0 Å². The van der Waals surface area contributed by atoms with Crippen LogP contribution in [0.15, 0.2) is 170 Å². The highest BCUT2D eigenvalue weighted by atomic mass is 19.1. The number of piperidine rings is 4. The normalized spacial score (nSPS) is 17.8. The topological polar surface area (TPSA) is 193 Å². The summed E-state index contributed by atoms with van der Waals surface area (Å²) in [4.78, 5) is 63.8. The van der Waals surface area contributed by atoms with E-state index in [9.17, 15) is 5.11 Å². The molecule has 8 fully saturated rings. The first kappa shape index (κ1) is 96.2. The van der Waals surface area contributed by atoms with Crippen molar-refractivity contribution >= 4 is 89.6 Å². The lowest BCUT2D eigenvalue weighted by Crippen LogP contribution is -2.36. The number of alkyl halides is 1. The second kappa shape index (κ2) is 41.8. The zero-order chi connectivity index (χ0) is 95.2. The van der Waals surface area contributed by atoms with Gasteiger partial charge >= 0.3 is 0 Å². The Morgan fingerprint density at radius 3 is 0.919 bits per heavy atom. The minimum absolute atomic E-state index is 0.00759. The number of likely N-dealkylation sites (N-methyl/N-ethyl adjacent to an activating group) is 1. The first-order chi connectivity index (χ1) is 66.0. The number of halogens is 1. The molecule has 4 saturated carbocycles. The Morgan fingerprint density at radius 1 is 0.338 bits per heavy atom. The Labute approximate surface area is 806 Å². The molecule has 0 unspecified atom stereocenters. The number of ether oxygens (including phenoxy) is 4.